The van der Waals surface area contributed by atoms with Crippen molar-refractivity contribution in [3.8, 4) is 6.07 Å². The van der Waals surface area contributed by atoms with Gasteiger partial charge in [-0.1, -0.05) is 23.7 Å². The molecule has 6 heteroatoms. The quantitative estimate of drug-likeness (QED) is 0.819. The van der Waals surface area contributed by atoms with Crippen molar-refractivity contribution in [1.82, 2.24) is 4.90 Å². The topological polar surface area (TPSA) is 73.4 Å². The van der Waals surface area contributed by atoms with Gasteiger partial charge in [-0.2, -0.15) is 5.26 Å². The zero-order chi connectivity index (χ0) is 20.4. The summed E-state index contributed by atoms with van der Waals surface area (Å²) in [6.45, 7) is 2.00. The highest BCUT2D eigenvalue weighted by Crippen LogP contribution is 2.41. The third-order valence-electron chi connectivity index (χ3n) is 6.53. The molecule has 0 bridgehead atoms. The SMILES string of the molecule is N#Cc1ccc(N2CCN(C3CCC(CN)(c4cccc(Cl)c4)CC3)C2=O)cc1. The highest BCUT2D eigenvalue weighted by Gasteiger charge is 2.41. The molecule has 1 aliphatic heterocycles. The van der Waals surface area contributed by atoms with Gasteiger partial charge in [-0.3, -0.25) is 4.90 Å². The minimum Gasteiger partial charge on any atom is -0.330 e. The van der Waals surface area contributed by atoms with Gasteiger partial charge >= 0.3 is 6.03 Å². The molecule has 0 atom stereocenters. The van der Waals surface area contributed by atoms with E-state index in [1.165, 1.54) is 5.56 Å². The number of benzene rings is 2. The fourth-order valence-corrected chi connectivity index (χ4v) is 4.93. The molecule has 2 amide bonds. The minimum absolute atomic E-state index is 0.0581. The number of nitrogens with zero attached hydrogens (tertiary/aromatic N) is 3. The number of nitrogens with two attached hydrogens (primary N) is 1. The molecular formula is C23H25ClN4O. The Hall–Kier alpha value is -2.55. The van der Waals surface area contributed by atoms with Crippen molar-refractivity contribution >= 4 is 23.3 Å². The molecule has 29 heavy (non-hydrogen) atoms. The van der Waals surface area contributed by atoms with Gasteiger partial charge in [0.15, 0.2) is 0 Å². The van der Waals surface area contributed by atoms with Crippen molar-refractivity contribution in [2.75, 3.05) is 24.5 Å². The largest absolute Gasteiger partial charge is 0.330 e. The molecule has 150 valence electrons. The first-order chi connectivity index (χ1) is 14.1. The van der Waals surface area contributed by atoms with E-state index < -0.39 is 0 Å². The number of hydrogen-bond donors (Lipinski definition) is 1. The van der Waals surface area contributed by atoms with E-state index in [0.29, 0.717) is 18.7 Å². The van der Waals surface area contributed by atoms with Gasteiger partial charge in [0, 0.05) is 41.8 Å². The van der Waals surface area contributed by atoms with Crippen LogP contribution >= 0.6 is 11.6 Å². The standard InChI is InChI=1S/C23H25ClN4O/c24-19-3-1-2-18(14-19)23(16-26)10-8-21(9-11-23)28-13-12-27(22(28)29)20-6-4-17(15-25)5-7-20/h1-7,14,21H,8-13,16,26H2. The van der Waals surface area contributed by atoms with E-state index in [1.54, 1.807) is 12.1 Å². The molecule has 2 fully saturated rings. The van der Waals surface area contributed by atoms with E-state index in [0.717, 1.165) is 42.9 Å². The van der Waals surface area contributed by atoms with Crippen LogP contribution in [0.1, 0.15) is 36.8 Å². The maximum atomic E-state index is 13.0. The lowest BCUT2D eigenvalue weighted by Crippen LogP contribution is -2.46. The van der Waals surface area contributed by atoms with E-state index in [9.17, 15) is 4.79 Å². The van der Waals surface area contributed by atoms with Gasteiger partial charge in [0.1, 0.15) is 0 Å². The summed E-state index contributed by atoms with van der Waals surface area (Å²) in [5, 5.41) is 9.70. The molecule has 2 N–H and O–H groups in total. The Bertz CT molecular complexity index is 929. The summed E-state index contributed by atoms with van der Waals surface area (Å²) in [7, 11) is 0. The smallest absolute Gasteiger partial charge is 0.324 e. The van der Waals surface area contributed by atoms with Crippen molar-refractivity contribution in [2.24, 2.45) is 5.73 Å². The summed E-state index contributed by atoms with van der Waals surface area (Å²) in [6.07, 6.45) is 3.79. The second-order valence-corrected chi connectivity index (χ2v) is 8.45. The first-order valence-corrected chi connectivity index (χ1v) is 10.5. The summed E-state index contributed by atoms with van der Waals surface area (Å²) < 4.78 is 0. The van der Waals surface area contributed by atoms with Gasteiger partial charge in [-0.05, 0) is 67.6 Å². The average molecular weight is 409 g/mol. The van der Waals surface area contributed by atoms with E-state index in [4.69, 9.17) is 22.6 Å². The predicted octanol–water partition coefficient (Wildman–Crippen LogP) is 4.29. The van der Waals surface area contributed by atoms with Gasteiger partial charge in [-0.15, -0.1) is 0 Å². The zero-order valence-corrected chi connectivity index (χ0v) is 17.1. The summed E-state index contributed by atoms with van der Waals surface area (Å²) in [4.78, 5) is 16.9. The minimum atomic E-state index is -0.0585. The Morgan fingerprint density at radius 1 is 1.14 bits per heavy atom. The molecule has 5 nitrogen and oxygen atoms in total. The lowest BCUT2D eigenvalue weighted by Gasteiger charge is -2.42. The normalized spacial score (nSPS) is 24.6. The van der Waals surface area contributed by atoms with Crippen LogP contribution in [0.3, 0.4) is 0 Å². The monoisotopic (exact) mass is 408 g/mol. The van der Waals surface area contributed by atoms with Crippen molar-refractivity contribution in [2.45, 2.75) is 37.1 Å². The maximum absolute atomic E-state index is 13.0. The van der Waals surface area contributed by atoms with Crippen LogP contribution < -0.4 is 10.6 Å². The summed E-state index contributed by atoms with van der Waals surface area (Å²) in [5.74, 6) is 0. The fourth-order valence-electron chi connectivity index (χ4n) is 4.74. The Balaban J connectivity index is 1.44. The molecule has 1 saturated heterocycles. The first-order valence-electron chi connectivity index (χ1n) is 10.1. The van der Waals surface area contributed by atoms with Gasteiger partial charge in [0.2, 0.25) is 0 Å². The van der Waals surface area contributed by atoms with Crippen LogP contribution in [0.25, 0.3) is 0 Å². The van der Waals surface area contributed by atoms with E-state index in [1.807, 2.05) is 40.1 Å². The first kappa shape index (κ1) is 19.8. The highest BCUT2D eigenvalue weighted by atomic mass is 35.5. The predicted molar refractivity (Wildman–Crippen MR) is 115 cm³/mol. The lowest BCUT2D eigenvalue weighted by atomic mass is 9.68. The van der Waals surface area contributed by atoms with E-state index in [-0.39, 0.29) is 17.5 Å². The van der Waals surface area contributed by atoms with Crippen LogP contribution in [0, 0.1) is 11.3 Å². The van der Waals surface area contributed by atoms with Crippen molar-refractivity contribution in [3.05, 3.63) is 64.7 Å². The van der Waals surface area contributed by atoms with Crippen LogP contribution in [0.2, 0.25) is 5.02 Å². The Morgan fingerprint density at radius 2 is 1.86 bits per heavy atom. The van der Waals surface area contributed by atoms with E-state index in [2.05, 4.69) is 12.1 Å². The maximum Gasteiger partial charge on any atom is 0.324 e. The van der Waals surface area contributed by atoms with E-state index >= 15 is 0 Å². The number of carbonyl (C=O) groups excluding carboxylic acids is 1. The number of rotatable bonds is 4. The molecule has 0 spiro atoms. The summed E-state index contributed by atoms with van der Waals surface area (Å²) >= 11 is 6.21. The molecule has 1 saturated carbocycles. The van der Waals surface area contributed by atoms with Crippen LogP contribution in [-0.2, 0) is 5.41 Å². The number of urea groups is 1. The van der Waals surface area contributed by atoms with Crippen LogP contribution in [-0.4, -0.2) is 36.6 Å². The Morgan fingerprint density at radius 3 is 2.48 bits per heavy atom. The second-order valence-electron chi connectivity index (χ2n) is 8.01. The Kier molecular flexibility index (Phi) is 5.49. The van der Waals surface area contributed by atoms with Gasteiger partial charge in [0.25, 0.3) is 0 Å². The molecule has 0 unspecified atom stereocenters. The molecule has 0 aromatic heterocycles. The third kappa shape index (κ3) is 3.71. The molecule has 2 aromatic rings. The number of amides is 2. The number of nitriles is 1. The molecule has 1 aliphatic carbocycles. The van der Waals surface area contributed by atoms with Crippen LogP contribution in [0.4, 0.5) is 10.5 Å². The summed E-state index contributed by atoms with van der Waals surface area (Å²) in [5.41, 5.74) is 8.81. The molecule has 2 aromatic carbocycles. The lowest BCUT2D eigenvalue weighted by molar-refractivity contribution is 0.156. The average Bonchev–Trinajstić information content (AvgIpc) is 3.15. The number of anilines is 1. The number of halogens is 1. The number of carbonyl (C=O) groups is 1. The second kappa shape index (κ2) is 8.06. The molecule has 4 rings (SSSR count). The molecule has 1 heterocycles. The van der Waals surface area contributed by atoms with Crippen LogP contribution in [0.15, 0.2) is 48.5 Å². The van der Waals surface area contributed by atoms with Gasteiger partial charge in [0.05, 0.1) is 11.6 Å². The Labute approximate surface area is 176 Å². The number of hydrogen-bond acceptors (Lipinski definition) is 3. The van der Waals surface area contributed by atoms with Crippen molar-refractivity contribution in [3.63, 3.8) is 0 Å². The van der Waals surface area contributed by atoms with Gasteiger partial charge in [-0.25, -0.2) is 4.79 Å². The van der Waals surface area contributed by atoms with Gasteiger partial charge < -0.3 is 10.6 Å². The fraction of sp³-hybridized carbons (Fsp3) is 0.391. The van der Waals surface area contributed by atoms with Crippen LogP contribution in [0.5, 0.6) is 0 Å². The van der Waals surface area contributed by atoms with Crippen molar-refractivity contribution in [1.29, 1.82) is 5.26 Å². The molecular weight excluding hydrogens is 384 g/mol. The highest BCUT2D eigenvalue weighted by molar-refractivity contribution is 6.30. The molecule has 0 radical (unpaired) electrons. The molecule has 2 aliphatic rings. The summed E-state index contributed by atoms with van der Waals surface area (Å²) in [6, 6.07) is 17.6. The van der Waals surface area contributed by atoms with Crippen molar-refractivity contribution < 1.29 is 4.79 Å². The zero-order valence-electron chi connectivity index (χ0n) is 16.4. The third-order valence-corrected chi connectivity index (χ3v) is 6.77.